The maximum Gasteiger partial charge on any atom is 0.0897 e. The number of rotatable bonds is 3. The normalized spacial score (nSPS) is 27.0. The fourth-order valence-electron chi connectivity index (χ4n) is 1.70. The lowest BCUT2D eigenvalue weighted by molar-refractivity contribution is 0.534. The van der Waals surface area contributed by atoms with Crippen LogP contribution in [0.2, 0.25) is 0 Å². The van der Waals surface area contributed by atoms with E-state index in [0.717, 1.165) is 16.8 Å². The zero-order valence-electron chi connectivity index (χ0n) is 8.62. The van der Waals surface area contributed by atoms with Crippen LogP contribution in [0.25, 0.3) is 0 Å². The van der Waals surface area contributed by atoms with Gasteiger partial charge in [-0.2, -0.15) is 11.8 Å². The van der Waals surface area contributed by atoms with Crippen molar-refractivity contribution >= 4 is 23.1 Å². The van der Waals surface area contributed by atoms with Gasteiger partial charge in [0.2, 0.25) is 0 Å². The minimum absolute atomic E-state index is 0.692. The average molecular weight is 228 g/mol. The van der Waals surface area contributed by atoms with Gasteiger partial charge >= 0.3 is 0 Å². The summed E-state index contributed by atoms with van der Waals surface area (Å²) in [5.74, 6) is 1.25. The molecule has 2 rings (SSSR count). The monoisotopic (exact) mass is 228 g/mol. The molecule has 1 saturated heterocycles. The topological polar surface area (TPSA) is 24.9 Å². The molecule has 2 unspecified atom stereocenters. The molecule has 14 heavy (non-hydrogen) atoms. The van der Waals surface area contributed by atoms with Gasteiger partial charge in [0.05, 0.1) is 10.7 Å². The zero-order valence-corrected chi connectivity index (χ0v) is 10.3. The predicted molar refractivity (Wildman–Crippen MR) is 64.0 cm³/mol. The van der Waals surface area contributed by atoms with Crippen LogP contribution < -0.4 is 5.32 Å². The summed E-state index contributed by atoms with van der Waals surface area (Å²) in [6.07, 6.45) is 1.30. The molecule has 2 heterocycles. The van der Waals surface area contributed by atoms with E-state index < -0.39 is 0 Å². The first-order chi connectivity index (χ1) is 6.74. The molecule has 0 spiro atoms. The van der Waals surface area contributed by atoms with Crippen LogP contribution in [-0.4, -0.2) is 22.0 Å². The second kappa shape index (κ2) is 4.64. The Hall–Kier alpha value is -0.0600. The largest absolute Gasteiger partial charge is 0.307 e. The van der Waals surface area contributed by atoms with Gasteiger partial charge in [-0.15, -0.1) is 11.3 Å². The molecular weight excluding hydrogens is 212 g/mol. The first-order valence-electron chi connectivity index (χ1n) is 5.00. The Bertz CT molecular complexity index is 298. The Morgan fingerprint density at radius 1 is 1.64 bits per heavy atom. The molecule has 2 nitrogen and oxygen atoms in total. The number of nitrogens with one attached hydrogen (secondary N) is 1. The first-order valence-corrected chi connectivity index (χ1v) is 6.93. The maximum absolute atomic E-state index is 4.44. The zero-order chi connectivity index (χ0) is 9.97. The van der Waals surface area contributed by atoms with Gasteiger partial charge in [-0.25, -0.2) is 4.98 Å². The molecule has 1 aliphatic rings. The summed E-state index contributed by atoms with van der Waals surface area (Å²) in [5, 5.41) is 7.70. The van der Waals surface area contributed by atoms with Gasteiger partial charge in [-0.3, -0.25) is 0 Å². The van der Waals surface area contributed by atoms with Crippen LogP contribution in [0.3, 0.4) is 0 Å². The van der Waals surface area contributed by atoms with Crippen molar-refractivity contribution in [1.29, 1.82) is 0 Å². The van der Waals surface area contributed by atoms with E-state index in [4.69, 9.17) is 0 Å². The Morgan fingerprint density at radius 3 is 3.07 bits per heavy atom. The summed E-state index contributed by atoms with van der Waals surface area (Å²) in [4.78, 5) is 4.44. The number of thioether (sulfide) groups is 1. The second-order valence-corrected chi connectivity index (χ2v) is 6.35. The van der Waals surface area contributed by atoms with Crippen LogP contribution in [-0.2, 0) is 6.54 Å². The number of hydrogen-bond acceptors (Lipinski definition) is 4. The van der Waals surface area contributed by atoms with E-state index in [1.165, 1.54) is 17.9 Å². The van der Waals surface area contributed by atoms with Crippen molar-refractivity contribution in [2.45, 2.75) is 38.1 Å². The average Bonchev–Trinajstić information content (AvgIpc) is 2.72. The first kappa shape index (κ1) is 10.5. The van der Waals surface area contributed by atoms with E-state index in [2.05, 4.69) is 41.3 Å². The van der Waals surface area contributed by atoms with Gasteiger partial charge in [0.25, 0.3) is 0 Å². The van der Waals surface area contributed by atoms with Crippen molar-refractivity contribution in [3.8, 4) is 0 Å². The molecule has 0 aliphatic carbocycles. The molecule has 0 amide bonds. The molecule has 2 atom stereocenters. The van der Waals surface area contributed by atoms with Crippen LogP contribution >= 0.6 is 23.1 Å². The number of thiazole rings is 1. The minimum atomic E-state index is 0.692. The molecule has 78 valence electrons. The molecule has 1 aromatic heterocycles. The summed E-state index contributed by atoms with van der Waals surface area (Å²) in [6.45, 7) is 5.29. The van der Waals surface area contributed by atoms with Crippen LogP contribution in [0, 0.1) is 6.92 Å². The minimum Gasteiger partial charge on any atom is -0.307 e. The summed E-state index contributed by atoms with van der Waals surface area (Å²) < 4.78 is 0. The number of hydrogen-bond donors (Lipinski definition) is 1. The lowest BCUT2D eigenvalue weighted by Crippen LogP contribution is -2.28. The lowest BCUT2D eigenvalue weighted by Gasteiger charge is -2.09. The number of nitrogens with zero attached hydrogens (tertiary/aromatic N) is 1. The van der Waals surface area contributed by atoms with Crippen LogP contribution in [0.4, 0.5) is 0 Å². The predicted octanol–water partition coefficient (Wildman–Crippen LogP) is 2.44. The third-order valence-corrected chi connectivity index (χ3v) is 4.62. The van der Waals surface area contributed by atoms with E-state index >= 15 is 0 Å². The highest BCUT2D eigenvalue weighted by atomic mass is 32.2. The molecule has 0 saturated carbocycles. The van der Waals surface area contributed by atoms with Gasteiger partial charge in [-0.1, -0.05) is 6.92 Å². The van der Waals surface area contributed by atoms with Crippen molar-refractivity contribution < 1.29 is 0 Å². The molecule has 4 heteroatoms. The van der Waals surface area contributed by atoms with Crippen molar-refractivity contribution in [3.63, 3.8) is 0 Å². The molecule has 1 fully saturated rings. The van der Waals surface area contributed by atoms with Crippen LogP contribution in [0.5, 0.6) is 0 Å². The smallest absolute Gasteiger partial charge is 0.0897 e. The summed E-state index contributed by atoms with van der Waals surface area (Å²) in [5.41, 5.74) is 1.19. The van der Waals surface area contributed by atoms with E-state index in [0.29, 0.717) is 6.04 Å². The van der Waals surface area contributed by atoms with Crippen molar-refractivity contribution in [2.75, 3.05) is 5.75 Å². The van der Waals surface area contributed by atoms with E-state index in [1.54, 1.807) is 11.3 Å². The molecule has 0 bridgehead atoms. The van der Waals surface area contributed by atoms with Gasteiger partial charge < -0.3 is 5.32 Å². The fourth-order valence-corrected chi connectivity index (χ4v) is 3.49. The molecule has 0 radical (unpaired) electrons. The Kier molecular flexibility index (Phi) is 3.47. The van der Waals surface area contributed by atoms with Crippen LogP contribution in [0.15, 0.2) is 5.38 Å². The third-order valence-electron chi connectivity index (χ3n) is 2.44. The van der Waals surface area contributed by atoms with E-state index in [1.807, 2.05) is 0 Å². The quantitative estimate of drug-likeness (QED) is 0.860. The van der Waals surface area contributed by atoms with E-state index in [-0.39, 0.29) is 0 Å². The molecule has 1 N–H and O–H groups in total. The SMILES string of the molecule is Cc1nc(CNC2CSC(C)C2)cs1. The third kappa shape index (κ3) is 2.72. The molecule has 1 aromatic rings. The van der Waals surface area contributed by atoms with Gasteiger partial charge in [-0.05, 0) is 13.3 Å². The maximum atomic E-state index is 4.44. The van der Waals surface area contributed by atoms with E-state index in [9.17, 15) is 0 Å². The van der Waals surface area contributed by atoms with Gasteiger partial charge in [0.1, 0.15) is 0 Å². The van der Waals surface area contributed by atoms with Gasteiger partial charge in [0, 0.05) is 29.0 Å². The van der Waals surface area contributed by atoms with Crippen molar-refractivity contribution in [3.05, 3.63) is 16.1 Å². The van der Waals surface area contributed by atoms with Crippen molar-refractivity contribution in [1.82, 2.24) is 10.3 Å². The number of aryl methyl sites for hydroxylation is 1. The standard InChI is InChI=1S/C10H16N2S2/c1-7-3-9(5-13-7)11-4-10-6-14-8(2)12-10/h6-7,9,11H,3-5H2,1-2H3. The highest BCUT2D eigenvalue weighted by molar-refractivity contribution is 8.00. The Balaban J connectivity index is 1.77. The second-order valence-electron chi connectivity index (χ2n) is 3.82. The Labute approximate surface area is 93.5 Å². The summed E-state index contributed by atoms with van der Waals surface area (Å²) in [7, 11) is 0. The molecular formula is C10H16N2S2. The molecule has 0 aromatic carbocycles. The highest BCUT2D eigenvalue weighted by Crippen LogP contribution is 2.26. The number of aromatic nitrogens is 1. The fraction of sp³-hybridized carbons (Fsp3) is 0.700. The van der Waals surface area contributed by atoms with Crippen LogP contribution in [0.1, 0.15) is 24.0 Å². The Morgan fingerprint density at radius 2 is 2.50 bits per heavy atom. The lowest BCUT2D eigenvalue weighted by atomic mass is 10.2. The van der Waals surface area contributed by atoms with Gasteiger partial charge in [0.15, 0.2) is 0 Å². The summed E-state index contributed by atoms with van der Waals surface area (Å²) in [6, 6.07) is 0.692. The van der Waals surface area contributed by atoms with Crippen molar-refractivity contribution in [2.24, 2.45) is 0 Å². The summed E-state index contributed by atoms with van der Waals surface area (Å²) >= 11 is 3.80. The molecule has 1 aliphatic heterocycles. The highest BCUT2D eigenvalue weighted by Gasteiger charge is 2.21.